The molecular weight excluding hydrogens is 368 g/mol. The van der Waals surface area contributed by atoms with Crippen molar-refractivity contribution in [1.29, 1.82) is 0 Å². The Labute approximate surface area is 175 Å². The fourth-order valence-corrected chi connectivity index (χ4v) is 3.26. The first-order valence-corrected chi connectivity index (χ1v) is 10.8. The highest BCUT2D eigenvalue weighted by Crippen LogP contribution is 2.24. The number of ether oxygens (including phenoxy) is 3. The lowest BCUT2D eigenvalue weighted by Crippen LogP contribution is -2.42. The van der Waals surface area contributed by atoms with Crippen LogP contribution >= 0.6 is 0 Å². The van der Waals surface area contributed by atoms with Gasteiger partial charge in [-0.25, -0.2) is 0 Å². The average Bonchev–Trinajstić information content (AvgIpc) is 2.77. The predicted molar refractivity (Wildman–Crippen MR) is 118 cm³/mol. The van der Waals surface area contributed by atoms with Gasteiger partial charge in [0.15, 0.2) is 5.96 Å². The molecule has 0 aliphatic carbocycles. The van der Waals surface area contributed by atoms with Crippen molar-refractivity contribution in [1.82, 2.24) is 15.5 Å². The molecule has 1 aliphatic rings. The zero-order valence-corrected chi connectivity index (χ0v) is 18.3. The fraction of sp³-hybridized carbons (Fsp3) is 0.682. The summed E-state index contributed by atoms with van der Waals surface area (Å²) in [5.41, 5.74) is 1.25. The van der Waals surface area contributed by atoms with Crippen molar-refractivity contribution in [3.63, 3.8) is 0 Å². The van der Waals surface area contributed by atoms with Crippen LogP contribution in [0, 0.1) is 0 Å². The summed E-state index contributed by atoms with van der Waals surface area (Å²) in [7, 11) is 1.69. The van der Waals surface area contributed by atoms with E-state index in [-0.39, 0.29) is 6.04 Å². The van der Waals surface area contributed by atoms with E-state index >= 15 is 0 Å². The highest BCUT2D eigenvalue weighted by Gasteiger charge is 2.22. The van der Waals surface area contributed by atoms with Gasteiger partial charge in [0.05, 0.1) is 39.5 Å². The van der Waals surface area contributed by atoms with E-state index in [1.54, 1.807) is 7.11 Å². The topological polar surface area (TPSA) is 67.3 Å². The van der Waals surface area contributed by atoms with Crippen molar-refractivity contribution >= 4 is 5.96 Å². The standard InChI is InChI=1S/C22H38N4O3/c1-4-6-14-28-15-11-24-22(23-5-2)25-18-21(26-12-16-29-17-13-26)19-7-9-20(27-3)10-8-19/h7-10,21H,4-6,11-18H2,1-3H3,(H2,23,24,25). The number of morpholine rings is 1. The van der Waals surface area contributed by atoms with Crippen LogP contribution in [0.5, 0.6) is 5.75 Å². The van der Waals surface area contributed by atoms with Gasteiger partial charge in [-0.2, -0.15) is 0 Å². The van der Waals surface area contributed by atoms with Crippen molar-refractivity contribution in [2.75, 3.05) is 66.3 Å². The summed E-state index contributed by atoms with van der Waals surface area (Å²) < 4.78 is 16.5. The summed E-state index contributed by atoms with van der Waals surface area (Å²) in [6.07, 6.45) is 2.27. The molecule has 1 atom stereocenters. The number of nitrogens with one attached hydrogen (secondary N) is 2. The fourth-order valence-electron chi connectivity index (χ4n) is 3.26. The number of aliphatic imine (C=N–C) groups is 1. The number of nitrogens with zero attached hydrogens (tertiary/aromatic N) is 2. The molecule has 1 unspecified atom stereocenters. The molecular formula is C22H38N4O3. The first-order valence-electron chi connectivity index (χ1n) is 10.8. The molecule has 7 nitrogen and oxygen atoms in total. The van der Waals surface area contributed by atoms with Crippen LogP contribution in [0.2, 0.25) is 0 Å². The third-order valence-corrected chi connectivity index (χ3v) is 4.93. The molecule has 1 aromatic rings. The number of methoxy groups -OCH3 is 1. The normalized spacial score (nSPS) is 16.4. The number of hydrogen-bond acceptors (Lipinski definition) is 5. The molecule has 0 radical (unpaired) electrons. The molecule has 1 saturated heterocycles. The Kier molecular flexibility index (Phi) is 11.5. The minimum Gasteiger partial charge on any atom is -0.497 e. The van der Waals surface area contributed by atoms with Crippen LogP contribution in [0.25, 0.3) is 0 Å². The van der Waals surface area contributed by atoms with Crippen LogP contribution in [0.1, 0.15) is 38.3 Å². The van der Waals surface area contributed by atoms with Gasteiger partial charge in [0.2, 0.25) is 0 Å². The maximum atomic E-state index is 5.64. The van der Waals surface area contributed by atoms with Crippen molar-refractivity contribution in [3.8, 4) is 5.75 Å². The molecule has 1 aliphatic heterocycles. The Balaban J connectivity index is 1.99. The first kappa shape index (κ1) is 23.4. The summed E-state index contributed by atoms with van der Waals surface area (Å²) >= 11 is 0. The van der Waals surface area contributed by atoms with Crippen molar-refractivity contribution in [3.05, 3.63) is 29.8 Å². The lowest BCUT2D eigenvalue weighted by Gasteiger charge is -2.34. The molecule has 7 heteroatoms. The predicted octanol–water partition coefficient (Wildman–Crippen LogP) is 2.44. The van der Waals surface area contributed by atoms with E-state index in [2.05, 4.69) is 41.5 Å². The quantitative estimate of drug-likeness (QED) is 0.316. The summed E-state index contributed by atoms with van der Waals surface area (Å²) in [6.45, 7) is 11.4. The van der Waals surface area contributed by atoms with E-state index in [0.29, 0.717) is 13.2 Å². The van der Waals surface area contributed by atoms with Gasteiger partial charge in [-0.1, -0.05) is 25.5 Å². The van der Waals surface area contributed by atoms with Crippen molar-refractivity contribution in [2.45, 2.75) is 32.7 Å². The molecule has 2 N–H and O–H groups in total. The highest BCUT2D eigenvalue weighted by atomic mass is 16.5. The van der Waals surface area contributed by atoms with Crippen molar-refractivity contribution < 1.29 is 14.2 Å². The molecule has 0 spiro atoms. The number of hydrogen-bond donors (Lipinski definition) is 2. The summed E-state index contributed by atoms with van der Waals surface area (Å²) in [5.74, 6) is 1.70. The Morgan fingerprint density at radius 1 is 1.14 bits per heavy atom. The Morgan fingerprint density at radius 2 is 1.90 bits per heavy atom. The Hall–Kier alpha value is -1.83. The molecule has 164 valence electrons. The van der Waals surface area contributed by atoms with Gasteiger partial charge in [-0.15, -0.1) is 0 Å². The maximum absolute atomic E-state index is 5.64. The SMILES string of the molecule is CCCCOCCNC(=NCC(c1ccc(OC)cc1)N1CCOCC1)NCC. The number of benzene rings is 1. The van der Waals surface area contributed by atoms with Gasteiger partial charge in [-0.05, 0) is 31.0 Å². The molecule has 2 rings (SSSR count). The van der Waals surface area contributed by atoms with E-state index in [9.17, 15) is 0 Å². The largest absolute Gasteiger partial charge is 0.497 e. The second-order valence-electron chi connectivity index (χ2n) is 7.05. The molecule has 0 bridgehead atoms. The van der Waals surface area contributed by atoms with E-state index in [1.165, 1.54) is 5.56 Å². The molecule has 29 heavy (non-hydrogen) atoms. The molecule has 0 saturated carbocycles. The number of rotatable bonds is 12. The third kappa shape index (κ3) is 8.60. The van der Waals surface area contributed by atoms with Crippen LogP contribution in [-0.4, -0.2) is 77.1 Å². The van der Waals surface area contributed by atoms with E-state index in [0.717, 1.165) is 70.6 Å². The van der Waals surface area contributed by atoms with Crippen LogP contribution in [0.4, 0.5) is 0 Å². The Morgan fingerprint density at radius 3 is 2.55 bits per heavy atom. The smallest absolute Gasteiger partial charge is 0.191 e. The number of unbranched alkanes of at least 4 members (excludes halogenated alkanes) is 1. The van der Waals surface area contributed by atoms with Crippen LogP contribution < -0.4 is 15.4 Å². The molecule has 1 aromatic carbocycles. The Bertz CT molecular complexity index is 574. The molecule has 1 fully saturated rings. The molecule has 0 aromatic heterocycles. The van der Waals surface area contributed by atoms with Gasteiger partial charge >= 0.3 is 0 Å². The van der Waals surface area contributed by atoms with Gasteiger partial charge in [0.1, 0.15) is 5.75 Å². The van der Waals surface area contributed by atoms with Gasteiger partial charge in [0.25, 0.3) is 0 Å². The van der Waals surface area contributed by atoms with Crippen LogP contribution in [0.15, 0.2) is 29.3 Å². The highest BCUT2D eigenvalue weighted by molar-refractivity contribution is 5.79. The lowest BCUT2D eigenvalue weighted by molar-refractivity contribution is 0.0179. The van der Waals surface area contributed by atoms with Gasteiger partial charge in [-0.3, -0.25) is 9.89 Å². The molecule has 0 amide bonds. The summed E-state index contributed by atoms with van der Waals surface area (Å²) in [5, 5.41) is 6.71. The second-order valence-corrected chi connectivity index (χ2v) is 7.05. The van der Waals surface area contributed by atoms with Gasteiger partial charge in [0, 0.05) is 32.8 Å². The summed E-state index contributed by atoms with van der Waals surface area (Å²) in [4.78, 5) is 7.32. The summed E-state index contributed by atoms with van der Waals surface area (Å²) in [6, 6.07) is 8.51. The van der Waals surface area contributed by atoms with Crippen molar-refractivity contribution in [2.24, 2.45) is 4.99 Å². The zero-order chi connectivity index (χ0) is 20.7. The van der Waals surface area contributed by atoms with E-state index in [1.807, 2.05) is 12.1 Å². The zero-order valence-electron chi connectivity index (χ0n) is 18.3. The minimum atomic E-state index is 0.209. The monoisotopic (exact) mass is 406 g/mol. The lowest BCUT2D eigenvalue weighted by atomic mass is 10.0. The molecule has 1 heterocycles. The minimum absolute atomic E-state index is 0.209. The second kappa shape index (κ2) is 14.2. The first-order chi connectivity index (χ1) is 14.3. The van der Waals surface area contributed by atoms with Gasteiger partial charge < -0.3 is 24.8 Å². The van der Waals surface area contributed by atoms with E-state index < -0.39 is 0 Å². The van der Waals surface area contributed by atoms with Crippen LogP contribution in [-0.2, 0) is 9.47 Å². The van der Waals surface area contributed by atoms with E-state index in [4.69, 9.17) is 19.2 Å². The number of guanidine groups is 1. The third-order valence-electron chi connectivity index (χ3n) is 4.93. The average molecular weight is 407 g/mol. The maximum Gasteiger partial charge on any atom is 0.191 e. The van der Waals surface area contributed by atoms with Crippen LogP contribution in [0.3, 0.4) is 0 Å².